The molecule has 0 radical (unpaired) electrons. The number of Topliss-reactive ketones (excluding diaryl/α,β-unsaturated/α-hetero) is 2. The van der Waals surface area contributed by atoms with Crippen LogP contribution in [0.2, 0.25) is 0 Å². The van der Waals surface area contributed by atoms with Crippen LogP contribution in [0.5, 0.6) is 0 Å². The fourth-order valence-corrected chi connectivity index (χ4v) is 4.58. The quantitative estimate of drug-likeness (QED) is 0.119. The molecule has 0 aliphatic heterocycles. The van der Waals surface area contributed by atoms with Crippen LogP contribution in [-0.2, 0) is 44.7 Å². The van der Waals surface area contributed by atoms with Gasteiger partial charge in [0, 0.05) is 47.1 Å². The van der Waals surface area contributed by atoms with Crippen LogP contribution in [0, 0.1) is 0 Å². The van der Waals surface area contributed by atoms with Crippen molar-refractivity contribution in [3.63, 3.8) is 0 Å². The van der Waals surface area contributed by atoms with Crippen molar-refractivity contribution < 1.29 is 29.1 Å². The summed E-state index contributed by atoms with van der Waals surface area (Å²) in [6.07, 6.45) is 0. The monoisotopic (exact) mass is 600 g/mol. The second kappa shape index (κ2) is 11.9. The van der Waals surface area contributed by atoms with Gasteiger partial charge in [0.1, 0.15) is 11.4 Å². The van der Waals surface area contributed by atoms with Crippen molar-refractivity contribution in [2.75, 3.05) is 14.1 Å². The molecular weight excluding hydrogens is 582 g/mol. The van der Waals surface area contributed by atoms with Gasteiger partial charge in [0.15, 0.2) is 0 Å². The van der Waals surface area contributed by atoms with Crippen LogP contribution in [0.3, 0.4) is 0 Å². The van der Waals surface area contributed by atoms with Gasteiger partial charge in [0.05, 0.1) is 0 Å². The Labute approximate surface area is 248 Å². The summed E-state index contributed by atoms with van der Waals surface area (Å²) in [5, 5.41) is 12.7. The van der Waals surface area contributed by atoms with E-state index in [1.54, 1.807) is 14.1 Å². The van der Waals surface area contributed by atoms with E-state index >= 15 is 0 Å². The zero-order chi connectivity index (χ0) is 26.8. The molecule has 188 valence electrons. The van der Waals surface area contributed by atoms with Crippen LogP contribution in [0.15, 0.2) is 93.0 Å². The number of hydrogen-bond acceptors (Lipinski definition) is 8. The normalized spacial score (nSPS) is 15.9. The first kappa shape index (κ1) is 28.1. The van der Waals surface area contributed by atoms with E-state index < -0.39 is 0 Å². The van der Waals surface area contributed by atoms with E-state index in [4.69, 9.17) is 25.3 Å². The molecule has 0 aromatic heterocycles. The first-order valence-corrected chi connectivity index (χ1v) is 12.3. The number of ketones is 2. The first-order valence-electron chi connectivity index (χ1n) is 11.5. The summed E-state index contributed by atoms with van der Waals surface area (Å²) in [6.45, 7) is 0. The van der Waals surface area contributed by atoms with Gasteiger partial charge in [-0.1, -0.05) is 72.8 Å². The van der Waals surface area contributed by atoms with Crippen molar-refractivity contribution >= 4 is 80.1 Å². The third-order valence-corrected chi connectivity index (χ3v) is 6.72. The molecule has 4 aromatic rings. The van der Waals surface area contributed by atoms with Gasteiger partial charge >= 0.3 is 19.5 Å². The number of amidine groups is 2. The smallest absolute Gasteiger partial charge is 0.741 e. The summed E-state index contributed by atoms with van der Waals surface area (Å²) in [6, 6.07) is 22.9. The predicted molar refractivity (Wildman–Crippen MR) is 157 cm³/mol. The molecular formula is C28H20N6O2S2Zn. The van der Waals surface area contributed by atoms with Gasteiger partial charge < -0.3 is 25.3 Å². The molecule has 0 heterocycles. The van der Waals surface area contributed by atoms with E-state index in [0.717, 1.165) is 32.7 Å². The molecule has 2 aliphatic rings. The number of nitrogens with one attached hydrogen (secondary N) is 2. The van der Waals surface area contributed by atoms with Crippen LogP contribution >= 0.6 is 0 Å². The number of hydrogen-bond donors (Lipinski definition) is 2. The Bertz CT molecular complexity index is 1620. The number of carbonyl (C=O) groups is 2. The van der Waals surface area contributed by atoms with Crippen LogP contribution in [0.1, 0.15) is 31.8 Å². The molecule has 2 aliphatic carbocycles. The van der Waals surface area contributed by atoms with Crippen LogP contribution in [0.4, 0.5) is 0 Å². The van der Waals surface area contributed by atoms with Crippen molar-refractivity contribution in [2.45, 2.75) is 0 Å². The van der Waals surface area contributed by atoms with E-state index in [1.165, 1.54) is 0 Å². The Morgan fingerprint density at radius 2 is 0.923 bits per heavy atom. The van der Waals surface area contributed by atoms with Crippen LogP contribution in [0.25, 0.3) is 21.5 Å². The maximum absolute atomic E-state index is 12.3. The molecule has 0 amide bonds. The molecule has 0 spiro atoms. The first-order chi connectivity index (χ1) is 18.4. The molecule has 0 saturated heterocycles. The minimum atomic E-state index is -0.0850. The molecule has 0 atom stereocenters. The molecule has 8 nitrogen and oxygen atoms in total. The van der Waals surface area contributed by atoms with Crippen molar-refractivity contribution in [1.29, 1.82) is 0 Å². The summed E-state index contributed by atoms with van der Waals surface area (Å²) < 4.78 is 0. The largest absolute Gasteiger partial charge is 2.00 e. The minimum Gasteiger partial charge on any atom is -0.741 e. The molecule has 0 bridgehead atoms. The predicted octanol–water partition coefficient (Wildman–Crippen LogP) is 3.72. The Morgan fingerprint density at radius 3 is 1.26 bits per heavy atom. The molecule has 2 N–H and O–H groups in total. The number of hydrazone groups is 2. The van der Waals surface area contributed by atoms with Crippen molar-refractivity contribution in [2.24, 2.45) is 20.2 Å². The summed E-state index contributed by atoms with van der Waals surface area (Å²) in [7, 11) is 3.14. The van der Waals surface area contributed by atoms with Gasteiger partial charge in [-0.3, -0.25) is 30.4 Å². The van der Waals surface area contributed by atoms with Gasteiger partial charge in [-0.05, 0) is 21.1 Å². The number of nitrogens with zero attached hydrogens (tertiary/aromatic N) is 4. The van der Waals surface area contributed by atoms with E-state index in [2.05, 4.69) is 31.0 Å². The second-order valence-electron chi connectivity index (χ2n) is 8.28. The number of aliphatic imine (C=N–C) groups is 2. The molecule has 0 saturated carbocycles. The third kappa shape index (κ3) is 5.21. The van der Waals surface area contributed by atoms with Crippen molar-refractivity contribution in [1.82, 2.24) is 10.9 Å². The number of carbonyl (C=O) groups excluding carboxylic acids is 2. The standard InChI is InChI=1S/2C14H11N3OS.Zn/c2*1-15-14(19)17-16-12-9-6-2-4-8-5-3-7-10(11(8)9)13(12)18;/h2*2-7H,1H3,(H2,15,17,19);/q;;+2/p-2/b2*16-12+;. The van der Waals surface area contributed by atoms with E-state index in [-0.39, 0.29) is 41.4 Å². The van der Waals surface area contributed by atoms with Gasteiger partial charge in [0.2, 0.25) is 11.6 Å². The summed E-state index contributed by atoms with van der Waals surface area (Å²) in [5.74, 6) is -0.170. The Morgan fingerprint density at radius 1 is 0.590 bits per heavy atom. The molecule has 0 fully saturated rings. The van der Waals surface area contributed by atoms with E-state index in [0.29, 0.717) is 22.6 Å². The van der Waals surface area contributed by atoms with E-state index in [9.17, 15) is 9.59 Å². The van der Waals surface area contributed by atoms with Gasteiger partial charge in [-0.2, -0.15) is 10.2 Å². The zero-order valence-corrected chi connectivity index (χ0v) is 25.7. The molecule has 0 unspecified atom stereocenters. The van der Waals surface area contributed by atoms with Gasteiger partial charge in [-0.25, -0.2) is 0 Å². The molecule has 39 heavy (non-hydrogen) atoms. The van der Waals surface area contributed by atoms with Crippen LogP contribution < -0.4 is 10.9 Å². The SMILES string of the molecule is CN=C([S-])N/N=C1/C(=O)c2cccc3cccc1c23.CN=C([S-])N/N=C1/C(=O)c2cccc3cccc1c23.[Zn+2]. The summed E-state index contributed by atoms with van der Waals surface area (Å²) in [4.78, 5) is 32.2. The third-order valence-electron chi connectivity index (χ3n) is 6.17. The second-order valence-corrected chi connectivity index (χ2v) is 9.05. The molecule has 11 heteroatoms. The average Bonchev–Trinajstić information content (AvgIpc) is 3.39. The number of benzene rings is 4. The maximum atomic E-state index is 12.3. The van der Waals surface area contributed by atoms with Crippen LogP contribution in [-0.4, -0.2) is 47.4 Å². The minimum absolute atomic E-state index is 0. The maximum Gasteiger partial charge on any atom is 2.00 e. The zero-order valence-electron chi connectivity index (χ0n) is 21.1. The summed E-state index contributed by atoms with van der Waals surface area (Å²) in [5.41, 5.74) is 9.05. The van der Waals surface area contributed by atoms with Gasteiger partial charge in [-0.15, -0.1) is 0 Å². The van der Waals surface area contributed by atoms with Gasteiger partial charge in [0.25, 0.3) is 0 Å². The Hall–Kier alpha value is -3.92. The van der Waals surface area contributed by atoms with E-state index in [1.807, 2.05) is 72.8 Å². The van der Waals surface area contributed by atoms with Crippen molar-refractivity contribution in [3.8, 4) is 0 Å². The molecule has 4 aromatic carbocycles. The Balaban J connectivity index is 0.000000176. The fourth-order valence-electron chi connectivity index (χ4n) is 4.48. The number of rotatable bonds is 2. The van der Waals surface area contributed by atoms with Crippen molar-refractivity contribution in [3.05, 3.63) is 95.1 Å². The topological polar surface area (TPSA) is 108 Å². The average molecular weight is 602 g/mol. The Kier molecular flexibility index (Phi) is 8.55. The summed E-state index contributed by atoms with van der Waals surface area (Å²) >= 11 is 9.80. The molecule has 6 rings (SSSR count). The fraction of sp³-hybridized carbons (Fsp3) is 0.0714.